The molecule has 0 aromatic heterocycles. The van der Waals surface area contributed by atoms with Crippen LogP contribution in [0.4, 0.5) is 4.79 Å². The van der Waals surface area contributed by atoms with Gasteiger partial charge in [-0.3, -0.25) is 5.43 Å². The number of methoxy groups -OCH3 is 1. The minimum atomic E-state index is -1.17. The summed E-state index contributed by atoms with van der Waals surface area (Å²) in [6, 6.07) is 16.8. The molecule has 1 aliphatic heterocycles. The third-order valence-corrected chi connectivity index (χ3v) is 7.14. The highest BCUT2D eigenvalue weighted by Crippen LogP contribution is 2.35. The van der Waals surface area contributed by atoms with Gasteiger partial charge in [-0.1, -0.05) is 45.7 Å². The molecule has 0 saturated carbocycles. The van der Waals surface area contributed by atoms with E-state index in [1.807, 2.05) is 31.2 Å². The van der Waals surface area contributed by atoms with Crippen molar-refractivity contribution in [1.82, 2.24) is 16.1 Å². The van der Waals surface area contributed by atoms with Crippen molar-refractivity contribution in [3.05, 3.63) is 98.1 Å². The summed E-state index contributed by atoms with van der Waals surface area (Å²) in [5.74, 6) is 0.704. The fraction of sp³-hybridized carbons (Fsp3) is 0.258. The fourth-order valence-electron chi connectivity index (χ4n) is 4.31. The Bertz CT molecular complexity index is 1550. The van der Waals surface area contributed by atoms with Gasteiger partial charge in [-0.2, -0.15) is 5.10 Å². The van der Waals surface area contributed by atoms with Crippen molar-refractivity contribution in [3.8, 4) is 17.2 Å². The molecule has 232 valence electrons. The highest BCUT2D eigenvalue weighted by molar-refractivity contribution is 9.10. The second-order valence-corrected chi connectivity index (χ2v) is 10.9. The van der Waals surface area contributed by atoms with E-state index >= 15 is 0 Å². The van der Waals surface area contributed by atoms with Crippen LogP contribution >= 0.6 is 27.5 Å². The molecule has 0 radical (unpaired) electrons. The molecular weight excluding hydrogens is 656 g/mol. The molecule has 4 N–H and O–H groups in total. The summed E-state index contributed by atoms with van der Waals surface area (Å²) >= 11 is 9.60. The number of hydrazone groups is 1. The van der Waals surface area contributed by atoms with E-state index in [1.165, 1.54) is 13.3 Å². The van der Waals surface area contributed by atoms with E-state index < -0.39 is 24.3 Å². The fourth-order valence-corrected chi connectivity index (χ4v) is 4.75. The number of hydrogen-bond donors (Lipinski definition) is 4. The molecule has 13 heteroatoms. The van der Waals surface area contributed by atoms with Crippen LogP contribution in [0, 0.1) is 0 Å². The van der Waals surface area contributed by atoms with Gasteiger partial charge in [-0.25, -0.2) is 9.59 Å². The topological polar surface area (TPSA) is 140 Å². The van der Waals surface area contributed by atoms with Crippen LogP contribution in [-0.4, -0.2) is 49.9 Å². The van der Waals surface area contributed by atoms with Gasteiger partial charge in [0.1, 0.15) is 19.0 Å². The summed E-state index contributed by atoms with van der Waals surface area (Å²) < 4.78 is 23.4. The maximum absolute atomic E-state index is 12.4. The third kappa shape index (κ3) is 8.65. The predicted molar refractivity (Wildman–Crippen MR) is 169 cm³/mol. The molecule has 11 nitrogen and oxygen atoms in total. The molecule has 1 heterocycles. The third-order valence-electron chi connectivity index (χ3n) is 6.38. The van der Waals surface area contributed by atoms with Crippen molar-refractivity contribution in [2.45, 2.75) is 32.7 Å². The van der Waals surface area contributed by atoms with Crippen molar-refractivity contribution >= 4 is 45.7 Å². The van der Waals surface area contributed by atoms with Crippen LogP contribution < -0.4 is 30.3 Å². The van der Waals surface area contributed by atoms with Gasteiger partial charge >= 0.3 is 12.0 Å². The van der Waals surface area contributed by atoms with Crippen molar-refractivity contribution in [2.24, 2.45) is 5.10 Å². The van der Waals surface area contributed by atoms with Crippen LogP contribution in [0.1, 0.15) is 36.6 Å². The minimum absolute atomic E-state index is 0.171. The van der Waals surface area contributed by atoms with Crippen molar-refractivity contribution < 1.29 is 33.6 Å². The van der Waals surface area contributed by atoms with Crippen LogP contribution in [0.3, 0.4) is 0 Å². The first-order valence-electron chi connectivity index (χ1n) is 13.6. The zero-order valence-electron chi connectivity index (χ0n) is 24.2. The lowest BCUT2D eigenvalue weighted by atomic mass is 9.95. The molecule has 2 atom stereocenters. The van der Waals surface area contributed by atoms with Crippen LogP contribution in [0.15, 0.2) is 81.5 Å². The number of ether oxygens (including phenoxy) is 4. The van der Waals surface area contributed by atoms with Gasteiger partial charge in [0.25, 0.3) is 0 Å². The zero-order chi connectivity index (χ0) is 31.6. The van der Waals surface area contributed by atoms with Gasteiger partial charge in [0.05, 0.1) is 31.5 Å². The summed E-state index contributed by atoms with van der Waals surface area (Å²) in [5.41, 5.74) is 5.47. The highest BCUT2D eigenvalue weighted by Gasteiger charge is 2.32. The summed E-state index contributed by atoms with van der Waals surface area (Å²) in [7, 11) is 1.27. The largest absolute Gasteiger partial charge is 0.490 e. The molecule has 2 amide bonds. The quantitative estimate of drug-likeness (QED) is 0.0833. The molecule has 4 rings (SSSR count). The van der Waals surface area contributed by atoms with Gasteiger partial charge in [-0.05, 0) is 67.4 Å². The number of allylic oxidation sites excluding steroid dienone is 1. The Morgan fingerprint density at radius 1 is 1.09 bits per heavy atom. The van der Waals surface area contributed by atoms with E-state index in [2.05, 4.69) is 37.1 Å². The molecule has 0 saturated heterocycles. The summed E-state index contributed by atoms with van der Waals surface area (Å²) in [4.78, 5) is 24.6. The van der Waals surface area contributed by atoms with Gasteiger partial charge < -0.3 is 34.7 Å². The summed E-state index contributed by atoms with van der Waals surface area (Å²) in [6.45, 7) is 3.94. The van der Waals surface area contributed by atoms with Gasteiger partial charge in [0.2, 0.25) is 0 Å². The monoisotopic (exact) mass is 686 g/mol. The van der Waals surface area contributed by atoms with E-state index in [1.54, 1.807) is 43.3 Å². The van der Waals surface area contributed by atoms with E-state index in [0.717, 1.165) is 10.0 Å². The number of aliphatic hydroxyl groups excluding tert-OH is 1. The normalized spacial score (nSPS) is 15.3. The number of halogens is 2. The molecule has 0 unspecified atom stereocenters. The molecule has 0 aliphatic carbocycles. The lowest BCUT2D eigenvalue weighted by molar-refractivity contribution is -0.136. The van der Waals surface area contributed by atoms with Crippen LogP contribution in [-0.2, 0) is 16.1 Å². The van der Waals surface area contributed by atoms with E-state index in [9.17, 15) is 14.7 Å². The molecule has 44 heavy (non-hydrogen) atoms. The number of aliphatic hydroxyl groups is 1. The smallest absolute Gasteiger partial charge is 0.337 e. The Morgan fingerprint density at radius 3 is 2.57 bits per heavy atom. The van der Waals surface area contributed by atoms with Crippen LogP contribution in [0.2, 0.25) is 5.02 Å². The second-order valence-electron chi connectivity index (χ2n) is 9.51. The van der Waals surface area contributed by atoms with Gasteiger partial charge in [0, 0.05) is 20.8 Å². The predicted octanol–water partition coefficient (Wildman–Crippen LogP) is 5.20. The van der Waals surface area contributed by atoms with Crippen LogP contribution in [0.25, 0.3) is 0 Å². The maximum atomic E-state index is 12.4. The number of hydrogen-bond acceptors (Lipinski definition) is 9. The number of rotatable bonds is 13. The Hall–Kier alpha value is -4.26. The van der Waals surface area contributed by atoms with Crippen molar-refractivity contribution in [1.29, 1.82) is 0 Å². The van der Waals surface area contributed by atoms with Gasteiger partial charge in [0.15, 0.2) is 17.7 Å². The average Bonchev–Trinajstić information content (AvgIpc) is 3.00. The molecule has 3 aromatic rings. The van der Waals surface area contributed by atoms with E-state index in [0.29, 0.717) is 52.3 Å². The Labute approximate surface area is 268 Å². The maximum Gasteiger partial charge on any atom is 0.337 e. The molecule has 3 aromatic carbocycles. The number of esters is 1. The number of urea groups is 1. The molecule has 1 aliphatic rings. The average molecular weight is 688 g/mol. The summed E-state index contributed by atoms with van der Waals surface area (Å²) in [6.07, 6.45) is 0.320. The number of benzene rings is 3. The van der Waals surface area contributed by atoms with Crippen molar-refractivity contribution in [2.75, 3.05) is 20.3 Å². The number of nitrogens with one attached hydrogen (secondary N) is 3. The lowest BCUT2D eigenvalue weighted by Crippen LogP contribution is -2.45. The second kappa shape index (κ2) is 15.5. The Kier molecular flexibility index (Phi) is 11.5. The highest BCUT2D eigenvalue weighted by atomic mass is 79.9. The van der Waals surface area contributed by atoms with Crippen molar-refractivity contribution in [3.63, 3.8) is 0 Å². The molecule has 0 spiro atoms. The number of carbonyl (C=O) groups is 2. The van der Waals surface area contributed by atoms with E-state index in [4.69, 9.17) is 30.5 Å². The SMILES string of the molecule is CCOc1cc([C@H]2NC(=O)NC(C)=C2C(=O)OC)ccc1OC[C@H](O)N/N=C/c1cc(Cl)ccc1OCc1ccc(Br)cc1. The Balaban J connectivity index is 1.40. The first-order valence-corrected chi connectivity index (χ1v) is 14.7. The molecule has 0 fully saturated rings. The van der Waals surface area contributed by atoms with Gasteiger partial charge in [-0.15, -0.1) is 0 Å². The van der Waals surface area contributed by atoms with E-state index in [-0.39, 0.29) is 12.2 Å². The molecular formula is C31H32BrClN4O7. The zero-order valence-corrected chi connectivity index (χ0v) is 26.6. The Morgan fingerprint density at radius 2 is 1.84 bits per heavy atom. The first-order chi connectivity index (χ1) is 21.2. The lowest BCUT2D eigenvalue weighted by Gasteiger charge is -2.28. The number of nitrogens with zero attached hydrogens (tertiary/aromatic N) is 1. The first kappa shape index (κ1) is 32.6. The number of amides is 2. The minimum Gasteiger partial charge on any atom is -0.490 e. The standard InChI is InChI=1S/C31H32BrClN4O7/c1-4-42-26-14-20(29-28(30(39)41-3)18(2)35-31(40)36-29)7-11-25(26)44-17-27(38)37-34-15-21-13-23(33)10-12-24(21)43-16-19-5-8-22(32)9-6-19/h5-15,27,29,37-38H,4,16-17H2,1-3H3,(H2,35,36,40)/b34-15+/t27-,29+/m0/s1. The summed E-state index contributed by atoms with van der Waals surface area (Å²) in [5, 5.41) is 20.4. The number of carbonyl (C=O) groups excluding carboxylic acids is 2. The van der Waals surface area contributed by atoms with Crippen LogP contribution in [0.5, 0.6) is 17.2 Å². The molecule has 0 bridgehead atoms.